The van der Waals surface area contributed by atoms with Crippen LogP contribution in [0.3, 0.4) is 0 Å². The number of quaternary nitrogens is 1. The van der Waals surface area contributed by atoms with Crippen LogP contribution in [-0.4, -0.2) is 29.2 Å². The van der Waals surface area contributed by atoms with E-state index >= 15 is 0 Å². The highest BCUT2D eigenvalue weighted by molar-refractivity contribution is 6.32. The van der Waals surface area contributed by atoms with E-state index in [1.54, 1.807) is 6.07 Å². The minimum absolute atomic E-state index is 0.0482. The summed E-state index contributed by atoms with van der Waals surface area (Å²) in [6.07, 6.45) is 11.1. The number of rotatable bonds is 1. The van der Waals surface area contributed by atoms with Crippen molar-refractivity contribution in [2.24, 2.45) is 5.92 Å². The molecule has 4 heteroatoms. The molecule has 1 aromatic carbocycles. The Labute approximate surface area is 160 Å². The first-order valence-corrected chi connectivity index (χ1v) is 9.39. The molecule has 0 fully saturated rings. The molecule has 26 heavy (non-hydrogen) atoms. The number of halogens is 1. The molecule has 0 aromatic heterocycles. The number of fused-ring (bicyclic) bond motifs is 5. The fraction of sp³-hybridized carbons (Fsp3) is 0.364. The smallest absolute Gasteiger partial charge is 0.150 e. The molecule has 0 radical (unpaired) electrons. The molecule has 2 unspecified atom stereocenters. The number of nitrogens with zero attached hydrogens (tertiary/aromatic N) is 1. The number of hydrogen-bond donors (Lipinski definition) is 1. The molecule has 1 N–H and O–H groups in total. The Morgan fingerprint density at radius 1 is 1.27 bits per heavy atom. The van der Waals surface area contributed by atoms with E-state index in [4.69, 9.17) is 16.3 Å². The van der Waals surface area contributed by atoms with Gasteiger partial charge in [-0.3, -0.25) is 4.48 Å². The Balaban J connectivity index is 1.95. The lowest BCUT2D eigenvalue weighted by atomic mass is 9.64. The Bertz CT molecular complexity index is 920. The summed E-state index contributed by atoms with van der Waals surface area (Å²) in [5.74, 6) is 1.21. The summed E-state index contributed by atoms with van der Waals surface area (Å²) in [5, 5.41) is 10.3. The van der Waals surface area contributed by atoms with Crippen LogP contribution in [0.1, 0.15) is 32.3 Å². The Kier molecular flexibility index (Phi) is 3.70. The minimum atomic E-state index is -0.135. The number of benzene rings is 1. The topological polar surface area (TPSA) is 29.5 Å². The number of ether oxygens (including phenoxy) is 1. The van der Waals surface area contributed by atoms with Crippen LogP contribution in [0, 0.1) is 5.92 Å². The third-order valence-electron chi connectivity index (χ3n) is 6.08. The summed E-state index contributed by atoms with van der Waals surface area (Å²) >= 11 is 6.18. The standard InChI is InChI=1S/C22H24ClNO2/c1-13(2)22-7-6-15-16-9-19(23)20(25)10-21(16)26-12-17(15)18(22)8-14(3)11-24(22,4)5/h6-13,15H,1-5H3/p+1. The van der Waals surface area contributed by atoms with Crippen LogP contribution in [0.25, 0.3) is 0 Å². The van der Waals surface area contributed by atoms with Gasteiger partial charge in [0.05, 0.1) is 31.6 Å². The zero-order valence-corrected chi connectivity index (χ0v) is 16.6. The monoisotopic (exact) mass is 370 g/mol. The van der Waals surface area contributed by atoms with E-state index in [1.165, 1.54) is 16.7 Å². The van der Waals surface area contributed by atoms with Crippen molar-refractivity contribution in [1.82, 2.24) is 0 Å². The highest BCUT2D eigenvalue weighted by atomic mass is 35.5. The van der Waals surface area contributed by atoms with Crippen molar-refractivity contribution in [3.05, 3.63) is 70.1 Å². The van der Waals surface area contributed by atoms with E-state index in [0.29, 0.717) is 16.7 Å². The number of aromatic hydroxyl groups is 1. The largest absolute Gasteiger partial charge is 0.506 e. The van der Waals surface area contributed by atoms with Crippen molar-refractivity contribution >= 4 is 11.6 Å². The summed E-state index contributed by atoms with van der Waals surface area (Å²) in [6.45, 7) is 6.71. The number of phenolic OH excluding ortho intramolecular Hbond substituents is 1. The zero-order chi connectivity index (χ0) is 18.9. The first kappa shape index (κ1) is 17.4. The van der Waals surface area contributed by atoms with Crippen molar-refractivity contribution in [2.45, 2.75) is 32.2 Å². The lowest BCUT2D eigenvalue weighted by Gasteiger charge is -2.53. The van der Waals surface area contributed by atoms with Crippen LogP contribution < -0.4 is 4.74 Å². The maximum Gasteiger partial charge on any atom is 0.150 e. The minimum Gasteiger partial charge on any atom is -0.506 e. The van der Waals surface area contributed by atoms with Crippen LogP contribution in [0.15, 0.2) is 59.5 Å². The fourth-order valence-electron chi connectivity index (χ4n) is 5.02. The highest BCUT2D eigenvalue weighted by Crippen LogP contribution is 2.54. The normalized spacial score (nSPS) is 28.3. The quantitative estimate of drug-likeness (QED) is 0.537. The Morgan fingerprint density at radius 2 is 2.00 bits per heavy atom. The SMILES string of the molecule is CC1=C[N+](C)(C)C2(C(C)C)C=CC3C(=COc4cc(O)c(Cl)cc43)C2=C1. The molecule has 1 aromatic rings. The van der Waals surface area contributed by atoms with Crippen LogP contribution in [0.4, 0.5) is 0 Å². The summed E-state index contributed by atoms with van der Waals surface area (Å²) in [4.78, 5) is 0. The first-order valence-electron chi connectivity index (χ1n) is 9.01. The lowest BCUT2D eigenvalue weighted by Crippen LogP contribution is -2.62. The maximum absolute atomic E-state index is 9.90. The van der Waals surface area contributed by atoms with Gasteiger partial charge in [-0.15, -0.1) is 0 Å². The van der Waals surface area contributed by atoms with Crippen LogP contribution in [-0.2, 0) is 0 Å². The van der Waals surface area contributed by atoms with E-state index in [1.807, 2.05) is 12.3 Å². The van der Waals surface area contributed by atoms with Gasteiger partial charge in [0.2, 0.25) is 0 Å². The molecule has 0 bridgehead atoms. The summed E-state index contributed by atoms with van der Waals surface area (Å²) in [7, 11) is 4.52. The number of allylic oxidation sites excluding steroid dienone is 3. The van der Waals surface area contributed by atoms with E-state index in [9.17, 15) is 5.11 Å². The number of hydrogen-bond acceptors (Lipinski definition) is 2. The van der Waals surface area contributed by atoms with E-state index in [0.717, 1.165) is 10.0 Å². The van der Waals surface area contributed by atoms with Gasteiger partial charge in [0.15, 0.2) is 0 Å². The third kappa shape index (κ3) is 2.17. The second kappa shape index (κ2) is 5.51. The van der Waals surface area contributed by atoms with Gasteiger partial charge in [0.1, 0.15) is 17.0 Å². The number of likely N-dealkylation sites (N-methyl/N-ethyl adjacent to an activating group) is 1. The van der Waals surface area contributed by atoms with Gasteiger partial charge in [-0.25, -0.2) is 0 Å². The highest BCUT2D eigenvalue weighted by Gasteiger charge is 2.54. The molecular weight excluding hydrogens is 346 g/mol. The third-order valence-corrected chi connectivity index (χ3v) is 6.38. The molecule has 0 amide bonds. The number of phenols is 1. The van der Waals surface area contributed by atoms with Gasteiger partial charge in [0, 0.05) is 40.2 Å². The Morgan fingerprint density at radius 3 is 2.69 bits per heavy atom. The summed E-state index contributed by atoms with van der Waals surface area (Å²) < 4.78 is 6.69. The molecule has 1 aliphatic carbocycles. The van der Waals surface area contributed by atoms with Gasteiger partial charge in [0.25, 0.3) is 0 Å². The van der Waals surface area contributed by atoms with Crippen molar-refractivity contribution in [2.75, 3.05) is 14.1 Å². The first-order chi connectivity index (χ1) is 12.2. The van der Waals surface area contributed by atoms with Crippen molar-refractivity contribution < 1.29 is 14.3 Å². The second-order valence-corrected chi connectivity index (χ2v) is 8.73. The van der Waals surface area contributed by atoms with Crippen molar-refractivity contribution in [3.63, 3.8) is 0 Å². The van der Waals surface area contributed by atoms with Gasteiger partial charge in [-0.1, -0.05) is 31.5 Å². The summed E-state index contributed by atoms with van der Waals surface area (Å²) in [5.41, 5.74) is 4.60. The van der Waals surface area contributed by atoms with Crippen LogP contribution in [0.2, 0.25) is 5.02 Å². The predicted molar refractivity (Wildman–Crippen MR) is 105 cm³/mol. The molecule has 2 aliphatic heterocycles. The van der Waals surface area contributed by atoms with E-state index < -0.39 is 0 Å². The van der Waals surface area contributed by atoms with Gasteiger partial charge >= 0.3 is 0 Å². The molecule has 4 rings (SSSR count). The Hall–Kier alpha value is -1.97. The van der Waals surface area contributed by atoms with Crippen molar-refractivity contribution in [1.29, 1.82) is 0 Å². The molecule has 3 nitrogen and oxygen atoms in total. The summed E-state index contributed by atoms with van der Waals surface area (Å²) in [6, 6.07) is 3.42. The molecule has 2 atom stereocenters. The van der Waals surface area contributed by atoms with E-state index in [2.05, 4.69) is 59.3 Å². The molecule has 2 heterocycles. The zero-order valence-electron chi connectivity index (χ0n) is 15.9. The average Bonchev–Trinajstić information content (AvgIpc) is 2.54. The lowest BCUT2D eigenvalue weighted by molar-refractivity contribution is -0.885. The second-order valence-electron chi connectivity index (χ2n) is 8.32. The van der Waals surface area contributed by atoms with Gasteiger partial charge in [-0.2, -0.15) is 0 Å². The van der Waals surface area contributed by atoms with Gasteiger partial charge in [-0.05, 0) is 25.1 Å². The van der Waals surface area contributed by atoms with E-state index in [-0.39, 0.29) is 17.2 Å². The fourth-order valence-corrected chi connectivity index (χ4v) is 5.20. The molecule has 3 aliphatic rings. The van der Waals surface area contributed by atoms with Crippen LogP contribution in [0.5, 0.6) is 11.5 Å². The molecule has 0 spiro atoms. The molecule has 0 saturated carbocycles. The van der Waals surface area contributed by atoms with Crippen LogP contribution >= 0.6 is 11.6 Å². The van der Waals surface area contributed by atoms with Gasteiger partial charge < -0.3 is 9.84 Å². The van der Waals surface area contributed by atoms with Crippen molar-refractivity contribution in [3.8, 4) is 11.5 Å². The molecular formula is C22H25ClNO2+. The average molecular weight is 371 g/mol. The predicted octanol–water partition coefficient (Wildman–Crippen LogP) is 5.29. The maximum atomic E-state index is 9.90. The molecule has 0 saturated heterocycles. The molecule has 136 valence electrons.